The molecular formula is C17H20N2O. The maximum Gasteiger partial charge on any atom is 0.243 e. The Balaban J connectivity index is 1.72. The second kappa shape index (κ2) is 4.94. The third kappa shape index (κ3) is 2.31. The van der Waals surface area contributed by atoms with Crippen molar-refractivity contribution in [3.8, 4) is 6.07 Å². The van der Waals surface area contributed by atoms with Crippen molar-refractivity contribution in [2.45, 2.75) is 45.1 Å². The van der Waals surface area contributed by atoms with Crippen molar-refractivity contribution in [3.63, 3.8) is 0 Å². The predicted molar refractivity (Wildman–Crippen MR) is 76.8 cm³/mol. The Labute approximate surface area is 120 Å². The van der Waals surface area contributed by atoms with Crippen LogP contribution in [0.5, 0.6) is 0 Å². The van der Waals surface area contributed by atoms with Crippen LogP contribution in [-0.2, 0) is 24.2 Å². The average Bonchev–Trinajstić information content (AvgIpc) is 3.27. The SMILES string of the molecule is CN(Cc1ccc2c(c1)CCCC2)C(=O)C1(C#N)CC1. The van der Waals surface area contributed by atoms with E-state index in [1.54, 1.807) is 11.9 Å². The second-order valence-electron chi connectivity index (χ2n) is 6.17. The van der Waals surface area contributed by atoms with E-state index in [1.807, 2.05) is 0 Å². The molecule has 0 atom stereocenters. The van der Waals surface area contributed by atoms with Gasteiger partial charge in [0, 0.05) is 13.6 Å². The first kappa shape index (κ1) is 13.2. The van der Waals surface area contributed by atoms with Crippen molar-refractivity contribution in [1.82, 2.24) is 4.90 Å². The highest BCUT2D eigenvalue weighted by atomic mass is 16.2. The van der Waals surface area contributed by atoms with Crippen LogP contribution in [0.15, 0.2) is 18.2 Å². The van der Waals surface area contributed by atoms with Gasteiger partial charge in [-0.25, -0.2) is 0 Å². The summed E-state index contributed by atoms with van der Waals surface area (Å²) in [5, 5.41) is 9.10. The van der Waals surface area contributed by atoms with Gasteiger partial charge in [-0.1, -0.05) is 18.2 Å². The number of aryl methyl sites for hydroxylation is 2. The lowest BCUT2D eigenvalue weighted by molar-refractivity contribution is -0.134. The van der Waals surface area contributed by atoms with E-state index in [0.717, 1.165) is 19.3 Å². The molecule has 3 nitrogen and oxygen atoms in total. The fourth-order valence-corrected chi connectivity index (χ4v) is 3.09. The Morgan fingerprint density at radius 3 is 2.65 bits per heavy atom. The molecule has 2 aliphatic rings. The molecule has 1 aromatic carbocycles. The molecule has 1 amide bonds. The number of rotatable bonds is 3. The summed E-state index contributed by atoms with van der Waals surface area (Å²) >= 11 is 0. The molecule has 0 radical (unpaired) electrons. The molecule has 0 unspecified atom stereocenters. The predicted octanol–water partition coefficient (Wildman–Crippen LogP) is 2.83. The maximum absolute atomic E-state index is 12.3. The van der Waals surface area contributed by atoms with Crippen LogP contribution in [0, 0.1) is 16.7 Å². The van der Waals surface area contributed by atoms with E-state index in [0.29, 0.717) is 6.54 Å². The van der Waals surface area contributed by atoms with Gasteiger partial charge in [-0.3, -0.25) is 4.79 Å². The molecule has 104 valence electrons. The molecule has 0 spiro atoms. The second-order valence-corrected chi connectivity index (χ2v) is 6.17. The fourth-order valence-electron chi connectivity index (χ4n) is 3.09. The van der Waals surface area contributed by atoms with Crippen LogP contribution in [0.2, 0.25) is 0 Å². The van der Waals surface area contributed by atoms with E-state index in [1.165, 1.54) is 36.0 Å². The molecule has 0 heterocycles. The van der Waals surface area contributed by atoms with Crippen molar-refractivity contribution in [3.05, 3.63) is 34.9 Å². The molecule has 0 saturated heterocycles. The Bertz CT molecular complexity index is 581. The van der Waals surface area contributed by atoms with E-state index in [2.05, 4.69) is 24.3 Å². The van der Waals surface area contributed by atoms with Gasteiger partial charge in [0.15, 0.2) is 0 Å². The Hall–Kier alpha value is -1.82. The van der Waals surface area contributed by atoms with Crippen molar-refractivity contribution in [2.24, 2.45) is 5.41 Å². The third-order valence-corrected chi connectivity index (χ3v) is 4.55. The first-order valence-corrected chi connectivity index (χ1v) is 7.42. The first-order valence-electron chi connectivity index (χ1n) is 7.42. The molecule has 1 fully saturated rings. The Morgan fingerprint density at radius 2 is 2.00 bits per heavy atom. The molecule has 2 aliphatic carbocycles. The quantitative estimate of drug-likeness (QED) is 0.846. The third-order valence-electron chi connectivity index (χ3n) is 4.55. The molecule has 3 rings (SSSR count). The molecule has 1 aromatic rings. The number of hydrogen-bond donors (Lipinski definition) is 0. The average molecular weight is 268 g/mol. The zero-order valence-corrected chi connectivity index (χ0v) is 12.0. The number of carbonyl (C=O) groups excluding carboxylic acids is 1. The van der Waals surface area contributed by atoms with Gasteiger partial charge in [0.05, 0.1) is 6.07 Å². The van der Waals surface area contributed by atoms with Gasteiger partial charge in [-0.05, 0) is 55.2 Å². The van der Waals surface area contributed by atoms with Crippen molar-refractivity contribution < 1.29 is 4.79 Å². The van der Waals surface area contributed by atoms with Crippen LogP contribution in [-0.4, -0.2) is 17.9 Å². The summed E-state index contributed by atoms with van der Waals surface area (Å²) in [6.45, 7) is 0.607. The highest BCUT2D eigenvalue weighted by Gasteiger charge is 2.51. The summed E-state index contributed by atoms with van der Waals surface area (Å²) in [6, 6.07) is 8.75. The van der Waals surface area contributed by atoms with Gasteiger partial charge in [0.1, 0.15) is 5.41 Å². The topological polar surface area (TPSA) is 44.1 Å². The summed E-state index contributed by atoms with van der Waals surface area (Å²) in [6.07, 6.45) is 6.33. The Morgan fingerprint density at radius 1 is 1.30 bits per heavy atom. The molecule has 0 aliphatic heterocycles. The largest absolute Gasteiger partial charge is 0.340 e. The number of nitrogens with zero attached hydrogens (tertiary/aromatic N) is 2. The normalized spacial score (nSPS) is 18.8. The molecule has 0 aromatic heterocycles. The van der Waals surface area contributed by atoms with Crippen LogP contribution < -0.4 is 0 Å². The van der Waals surface area contributed by atoms with Gasteiger partial charge >= 0.3 is 0 Å². The molecule has 0 N–H and O–H groups in total. The van der Waals surface area contributed by atoms with E-state index in [4.69, 9.17) is 5.26 Å². The minimum Gasteiger partial charge on any atom is -0.340 e. The minimum atomic E-state index is -0.705. The van der Waals surface area contributed by atoms with Crippen LogP contribution in [0.25, 0.3) is 0 Å². The highest BCUT2D eigenvalue weighted by Crippen LogP contribution is 2.46. The monoisotopic (exact) mass is 268 g/mol. The summed E-state index contributed by atoms with van der Waals surface area (Å²) in [5.41, 5.74) is 3.37. The van der Waals surface area contributed by atoms with E-state index in [9.17, 15) is 4.79 Å². The van der Waals surface area contributed by atoms with Gasteiger partial charge in [-0.15, -0.1) is 0 Å². The van der Waals surface area contributed by atoms with Crippen LogP contribution in [0.3, 0.4) is 0 Å². The number of benzene rings is 1. The van der Waals surface area contributed by atoms with Crippen molar-refractivity contribution in [2.75, 3.05) is 7.05 Å². The standard InChI is InChI=1S/C17H20N2O/c1-19(16(20)17(12-18)8-9-17)11-13-6-7-14-4-2-3-5-15(14)10-13/h6-7,10H,2-5,8-9,11H2,1H3. The summed E-state index contributed by atoms with van der Waals surface area (Å²) in [4.78, 5) is 14.0. The lowest BCUT2D eigenvalue weighted by atomic mass is 9.90. The van der Waals surface area contributed by atoms with Gasteiger partial charge < -0.3 is 4.90 Å². The molecule has 3 heteroatoms. The fraction of sp³-hybridized carbons (Fsp3) is 0.529. The molecule has 0 bridgehead atoms. The highest BCUT2D eigenvalue weighted by molar-refractivity contribution is 5.88. The number of nitriles is 1. The lowest BCUT2D eigenvalue weighted by Crippen LogP contribution is -2.33. The van der Waals surface area contributed by atoms with E-state index in [-0.39, 0.29) is 5.91 Å². The Kier molecular flexibility index (Phi) is 3.25. The number of fused-ring (bicyclic) bond motifs is 1. The van der Waals surface area contributed by atoms with Crippen molar-refractivity contribution in [1.29, 1.82) is 5.26 Å². The smallest absolute Gasteiger partial charge is 0.243 e. The maximum atomic E-state index is 12.3. The number of amides is 1. The van der Waals surface area contributed by atoms with Gasteiger partial charge in [0.2, 0.25) is 5.91 Å². The summed E-state index contributed by atoms with van der Waals surface area (Å²) < 4.78 is 0. The van der Waals surface area contributed by atoms with Crippen LogP contribution >= 0.6 is 0 Å². The lowest BCUT2D eigenvalue weighted by Gasteiger charge is -2.22. The molecule has 1 saturated carbocycles. The number of carbonyl (C=O) groups is 1. The summed E-state index contributed by atoms with van der Waals surface area (Å²) in [5.74, 6) is -0.0160. The van der Waals surface area contributed by atoms with Crippen LogP contribution in [0.1, 0.15) is 42.4 Å². The minimum absolute atomic E-state index is 0.0160. The summed E-state index contributed by atoms with van der Waals surface area (Å²) in [7, 11) is 1.80. The van der Waals surface area contributed by atoms with Crippen molar-refractivity contribution >= 4 is 5.91 Å². The van der Waals surface area contributed by atoms with E-state index >= 15 is 0 Å². The first-order chi connectivity index (χ1) is 9.64. The zero-order valence-electron chi connectivity index (χ0n) is 12.0. The zero-order chi connectivity index (χ0) is 14.2. The van der Waals surface area contributed by atoms with Crippen LogP contribution in [0.4, 0.5) is 0 Å². The number of hydrogen-bond acceptors (Lipinski definition) is 2. The molecule has 20 heavy (non-hydrogen) atoms. The molecular weight excluding hydrogens is 248 g/mol. The van der Waals surface area contributed by atoms with Gasteiger partial charge in [-0.2, -0.15) is 5.26 Å². The van der Waals surface area contributed by atoms with Gasteiger partial charge in [0.25, 0.3) is 0 Å². The van der Waals surface area contributed by atoms with E-state index < -0.39 is 5.41 Å².